The molecule has 0 aromatic heterocycles. The summed E-state index contributed by atoms with van der Waals surface area (Å²) >= 11 is 3.58. The molecule has 0 aliphatic carbocycles. The number of anilines is 1. The lowest BCUT2D eigenvalue weighted by molar-refractivity contribution is 0.250. The van der Waals surface area contributed by atoms with E-state index in [9.17, 15) is 4.79 Å². The van der Waals surface area contributed by atoms with E-state index in [1.165, 1.54) is 5.56 Å². The lowest BCUT2D eigenvalue weighted by atomic mass is 9.87. The van der Waals surface area contributed by atoms with Gasteiger partial charge in [0.05, 0.1) is 11.1 Å². The minimum atomic E-state index is -0.195. The van der Waals surface area contributed by atoms with E-state index in [1.54, 1.807) is 0 Å². The number of hydrogen-bond acceptors (Lipinski definition) is 2. The van der Waals surface area contributed by atoms with Gasteiger partial charge in [0.25, 0.3) is 0 Å². The maximum absolute atomic E-state index is 12.0. The Morgan fingerprint density at radius 2 is 1.89 bits per heavy atom. The largest absolute Gasteiger partial charge is 0.492 e. The normalized spacial score (nSPS) is 11.2. The summed E-state index contributed by atoms with van der Waals surface area (Å²) in [7, 11) is 0. The quantitative estimate of drug-likeness (QED) is 0.553. The van der Waals surface area contributed by atoms with Crippen LogP contribution in [0, 0.1) is 13.8 Å². The summed E-state index contributed by atoms with van der Waals surface area (Å²) in [6.07, 6.45) is 0.730. The van der Waals surface area contributed by atoms with Crippen molar-refractivity contribution < 1.29 is 9.53 Å². The first-order chi connectivity index (χ1) is 12.7. The van der Waals surface area contributed by atoms with Crippen molar-refractivity contribution in [2.24, 2.45) is 0 Å². The molecule has 0 radical (unpaired) electrons. The number of amides is 2. The van der Waals surface area contributed by atoms with Gasteiger partial charge in [-0.3, -0.25) is 0 Å². The average Bonchev–Trinajstić information content (AvgIpc) is 2.59. The van der Waals surface area contributed by atoms with Gasteiger partial charge < -0.3 is 15.4 Å². The molecule has 0 spiro atoms. The summed E-state index contributed by atoms with van der Waals surface area (Å²) in [5.41, 5.74) is 4.44. The highest BCUT2D eigenvalue weighted by molar-refractivity contribution is 9.10. The van der Waals surface area contributed by atoms with Crippen molar-refractivity contribution in [3.05, 3.63) is 57.6 Å². The van der Waals surface area contributed by atoms with Crippen LogP contribution in [0.3, 0.4) is 0 Å². The standard InChI is InChI=1S/C22H29BrN2O2/c1-15-8-6-9-19(16(15)2)25-21(26)24-12-7-13-27-20-11-10-17(14-18(20)23)22(3,4)5/h6,8-11,14H,7,12-13H2,1-5H3,(H2,24,25,26). The molecule has 0 aliphatic heterocycles. The van der Waals surface area contributed by atoms with Gasteiger partial charge in [-0.25, -0.2) is 4.79 Å². The molecule has 2 N–H and O–H groups in total. The van der Waals surface area contributed by atoms with Crippen molar-refractivity contribution in [3.8, 4) is 5.75 Å². The fraction of sp³-hybridized carbons (Fsp3) is 0.409. The van der Waals surface area contributed by atoms with Gasteiger partial charge in [-0.05, 0) is 76.5 Å². The van der Waals surface area contributed by atoms with Crippen LogP contribution >= 0.6 is 15.9 Å². The number of urea groups is 1. The van der Waals surface area contributed by atoms with Gasteiger partial charge in [0.1, 0.15) is 5.75 Å². The molecular weight excluding hydrogens is 404 g/mol. The van der Waals surface area contributed by atoms with Gasteiger partial charge in [-0.15, -0.1) is 0 Å². The highest BCUT2D eigenvalue weighted by Crippen LogP contribution is 2.31. The Balaban J connectivity index is 1.74. The average molecular weight is 433 g/mol. The molecule has 27 heavy (non-hydrogen) atoms. The fourth-order valence-electron chi connectivity index (χ4n) is 2.59. The minimum absolute atomic E-state index is 0.105. The number of rotatable bonds is 6. The van der Waals surface area contributed by atoms with Crippen LogP contribution in [0.25, 0.3) is 0 Å². The Morgan fingerprint density at radius 3 is 2.56 bits per heavy atom. The second-order valence-corrected chi connectivity index (χ2v) is 8.58. The van der Waals surface area contributed by atoms with E-state index in [4.69, 9.17) is 4.74 Å². The van der Waals surface area contributed by atoms with Crippen molar-refractivity contribution >= 4 is 27.6 Å². The molecule has 0 saturated carbocycles. The summed E-state index contributed by atoms with van der Waals surface area (Å²) in [5.74, 6) is 0.822. The first-order valence-electron chi connectivity index (χ1n) is 9.22. The van der Waals surface area contributed by atoms with Crippen LogP contribution in [-0.4, -0.2) is 19.2 Å². The predicted octanol–water partition coefficient (Wildman–Crippen LogP) is 5.95. The molecule has 5 heteroatoms. The van der Waals surface area contributed by atoms with Crippen LogP contribution in [0.2, 0.25) is 0 Å². The number of ether oxygens (including phenoxy) is 1. The summed E-state index contributed by atoms with van der Waals surface area (Å²) in [6.45, 7) is 11.7. The van der Waals surface area contributed by atoms with Crippen LogP contribution < -0.4 is 15.4 Å². The van der Waals surface area contributed by atoms with Crippen molar-refractivity contribution in [1.82, 2.24) is 5.32 Å². The number of benzene rings is 2. The first kappa shape index (κ1) is 21.3. The lowest BCUT2D eigenvalue weighted by Gasteiger charge is -2.20. The molecule has 0 heterocycles. The maximum Gasteiger partial charge on any atom is 0.319 e. The Labute approximate surface area is 170 Å². The molecule has 4 nitrogen and oxygen atoms in total. The number of carbonyl (C=O) groups is 1. The number of nitrogens with one attached hydrogen (secondary N) is 2. The third kappa shape index (κ3) is 6.28. The Kier molecular flexibility index (Phi) is 7.31. The molecular formula is C22H29BrN2O2. The van der Waals surface area contributed by atoms with Gasteiger partial charge >= 0.3 is 6.03 Å². The van der Waals surface area contributed by atoms with Gasteiger partial charge in [-0.1, -0.05) is 39.0 Å². The Morgan fingerprint density at radius 1 is 1.15 bits per heavy atom. The summed E-state index contributed by atoms with van der Waals surface area (Å²) < 4.78 is 6.78. The van der Waals surface area contributed by atoms with Crippen molar-refractivity contribution in [2.75, 3.05) is 18.5 Å². The van der Waals surface area contributed by atoms with E-state index in [1.807, 2.05) is 38.1 Å². The van der Waals surface area contributed by atoms with Crippen LogP contribution in [0.5, 0.6) is 5.75 Å². The van der Waals surface area contributed by atoms with E-state index in [-0.39, 0.29) is 11.4 Å². The predicted molar refractivity (Wildman–Crippen MR) is 116 cm³/mol. The van der Waals surface area contributed by atoms with Gasteiger partial charge in [0.2, 0.25) is 0 Å². The maximum atomic E-state index is 12.0. The van der Waals surface area contributed by atoms with E-state index in [0.717, 1.165) is 33.5 Å². The topological polar surface area (TPSA) is 50.4 Å². The second kappa shape index (κ2) is 9.27. The molecule has 0 unspecified atom stereocenters. The fourth-order valence-corrected chi connectivity index (χ4v) is 3.09. The van der Waals surface area contributed by atoms with Crippen LogP contribution in [0.15, 0.2) is 40.9 Å². The van der Waals surface area contributed by atoms with E-state index < -0.39 is 0 Å². The SMILES string of the molecule is Cc1cccc(NC(=O)NCCCOc2ccc(C(C)(C)C)cc2Br)c1C. The highest BCUT2D eigenvalue weighted by Gasteiger charge is 2.15. The lowest BCUT2D eigenvalue weighted by Crippen LogP contribution is -2.30. The zero-order chi connectivity index (χ0) is 20.0. The summed E-state index contributed by atoms with van der Waals surface area (Å²) in [4.78, 5) is 12.0. The zero-order valence-corrected chi connectivity index (χ0v) is 18.4. The molecule has 2 aromatic rings. The van der Waals surface area contributed by atoms with E-state index >= 15 is 0 Å². The number of hydrogen-bond donors (Lipinski definition) is 2. The Hall–Kier alpha value is -2.01. The third-order valence-electron chi connectivity index (χ3n) is 4.51. The minimum Gasteiger partial charge on any atom is -0.492 e. The van der Waals surface area contributed by atoms with Crippen LogP contribution in [0.4, 0.5) is 10.5 Å². The summed E-state index contributed by atoms with van der Waals surface area (Å²) in [6, 6.07) is 11.9. The molecule has 2 aromatic carbocycles. The Bertz CT molecular complexity index is 797. The first-order valence-corrected chi connectivity index (χ1v) is 10.0. The molecule has 0 aliphatic rings. The van der Waals surface area contributed by atoms with Crippen molar-refractivity contribution in [3.63, 3.8) is 0 Å². The zero-order valence-electron chi connectivity index (χ0n) is 16.8. The van der Waals surface area contributed by atoms with Gasteiger partial charge in [0.15, 0.2) is 0 Å². The van der Waals surface area contributed by atoms with E-state index in [0.29, 0.717) is 13.2 Å². The molecule has 0 saturated heterocycles. The number of aryl methyl sites for hydroxylation is 1. The van der Waals surface area contributed by atoms with Gasteiger partial charge in [-0.2, -0.15) is 0 Å². The number of carbonyl (C=O) groups excluding carboxylic acids is 1. The highest BCUT2D eigenvalue weighted by atomic mass is 79.9. The van der Waals surface area contributed by atoms with Crippen molar-refractivity contribution in [1.29, 1.82) is 0 Å². The molecule has 0 fully saturated rings. The third-order valence-corrected chi connectivity index (χ3v) is 5.13. The smallest absolute Gasteiger partial charge is 0.319 e. The second-order valence-electron chi connectivity index (χ2n) is 7.73. The molecule has 0 atom stereocenters. The monoisotopic (exact) mass is 432 g/mol. The molecule has 2 amide bonds. The van der Waals surface area contributed by atoms with Crippen molar-refractivity contribution in [2.45, 2.75) is 46.5 Å². The van der Waals surface area contributed by atoms with Crippen LogP contribution in [-0.2, 0) is 5.41 Å². The van der Waals surface area contributed by atoms with Crippen LogP contribution in [0.1, 0.15) is 43.9 Å². The van der Waals surface area contributed by atoms with E-state index in [2.05, 4.69) is 59.5 Å². The summed E-state index contributed by atoms with van der Waals surface area (Å²) in [5, 5.41) is 5.76. The molecule has 146 valence electrons. The van der Waals surface area contributed by atoms with Gasteiger partial charge in [0, 0.05) is 12.2 Å². The molecule has 2 rings (SSSR count). The molecule has 0 bridgehead atoms. The number of halogens is 1.